The summed E-state index contributed by atoms with van der Waals surface area (Å²) in [4.78, 5) is 1.86. The van der Waals surface area contributed by atoms with E-state index >= 15 is 0 Å². The first kappa shape index (κ1) is 13.4. The monoisotopic (exact) mass is 254 g/mol. The Morgan fingerprint density at radius 2 is 2.06 bits per heavy atom. The van der Waals surface area contributed by atoms with E-state index in [4.69, 9.17) is 0 Å². The maximum Gasteiger partial charge on any atom is 0.285 e. The zero-order chi connectivity index (χ0) is 13.0. The van der Waals surface area contributed by atoms with Crippen LogP contribution in [0.5, 0.6) is 0 Å². The molecule has 1 saturated heterocycles. The summed E-state index contributed by atoms with van der Waals surface area (Å²) in [5, 5.41) is 3.31. The second-order valence-electron chi connectivity index (χ2n) is 5.01. The van der Waals surface area contributed by atoms with Crippen molar-refractivity contribution >= 4 is 0 Å². The Kier molecular flexibility index (Phi) is 4.30. The number of rotatable bonds is 3. The van der Waals surface area contributed by atoms with Crippen LogP contribution in [0.3, 0.4) is 0 Å². The van der Waals surface area contributed by atoms with Crippen LogP contribution in [0.25, 0.3) is 0 Å². The Morgan fingerprint density at radius 1 is 1.33 bits per heavy atom. The molecule has 0 saturated carbocycles. The average Bonchev–Trinajstić information content (AvgIpc) is 2.54. The minimum atomic E-state index is -2.77. The van der Waals surface area contributed by atoms with Crippen LogP contribution >= 0.6 is 0 Å². The van der Waals surface area contributed by atoms with Gasteiger partial charge in [-0.05, 0) is 26.4 Å². The lowest BCUT2D eigenvalue weighted by molar-refractivity contribution is -0.0378. The van der Waals surface area contributed by atoms with Crippen LogP contribution in [0.2, 0.25) is 0 Å². The van der Waals surface area contributed by atoms with E-state index in [1.54, 1.807) is 18.2 Å². The van der Waals surface area contributed by atoms with Crippen molar-refractivity contribution in [1.82, 2.24) is 10.2 Å². The van der Waals surface area contributed by atoms with Gasteiger partial charge in [0.25, 0.3) is 5.92 Å². The quantitative estimate of drug-likeness (QED) is 0.891. The molecule has 1 heterocycles. The van der Waals surface area contributed by atoms with E-state index in [1.165, 1.54) is 12.1 Å². The van der Waals surface area contributed by atoms with Crippen molar-refractivity contribution in [2.45, 2.75) is 25.3 Å². The number of nitrogens with zero attached hydrogens (tertiary/aromatic N) is 1. The molecule has 1 unspecified atom stereocenters. The lowest BCUT2D eigenvalue weighted by atomic mass is 10.1. The number of hydrogen-bond acceptors (Lipinski definition) is 2. The van der Waals surface area contributed by atoms with Gasteiger partial charge >= 0.3 is 0 Å². The molecule has 0 bridgehead atoms. The van der Waals surface area contributed by atoms with Gasteiger partial charge in [0.2, 0.25) is 0 Å². The molecule has 0 radical (unpaired) electrons. The first-order valence-corrected chi connectivity index (χ1v) is 6.47. The molecule has 1 aliphatic heterocycles. The van der Waals surface area contributed by atoms with Gasteiger partial charge in [-0.3, -0.25) is 4.90 Å². The lowest BCUT2D eigenvalue weighted by Crippen LogP contribution is -2.40. The third-order valence-electron chi connectivity index (χ3n) is 3.29. The summed E-state index contributed by atoms with van der Waals surface area (Å²) < 4.78 is 28.3. The minimum absolute atomic E-state index is 0.106. The highest BCUT2D eigenvalue weighted by Crippen LogP contribution is 2.29. The molecule has 1 aromatic rings. The highest BCUT2D eigenvalue weighted by molar-refractivity contribution is 5.20. The Balaban J connectivity index is 2.03. The molecule has 0 aromatic heterocycles. The fourth-order valence-electron chi connectivity index (χ4n) is 2.39. The standard InChI is InChI=1S/C14H20F2N2/c1-12-10-18(9-5-8-17-12)11-14(15,16)13-6-3-2-4-7-13/h2-4,6-7,12,17H,5,8-11H2,1H3. The van der Waals surface area contributed by atoms with Crippen molar-refractivity contribution in [3.63, 3.8) is 0 Å². The first-order valence-electron chi connectivity index (χ1n) is 6.47. The molecule has 4 heteroatoms. The van der Waals surface area contributed by atoms with E-state index in [1.807, 2.05) is 11.8 Å². The van der Waals surface area contributed by atoms with Gasteiger partial charge in [0.15, 0.2) is 0 Å². The molecule has 18 heavy (non-hydrogen) atoms. The highest BCUT2D eigenvalue weighted by Gasteiger charge is 2.34. The van der Waals surface area contributed by atoms with E-state index in [-0.39, 0.29) is 18.2 Å². The predicted octanol–water partition coefficient (Wildman–Crippen LogP) is 2.46. The zero-order valence-electron chi connectivity index (χ0n) is 10.7. The third kappa shape index (κ3) is 3.50. The van der Waals surface area contributed by atoms with Crippen LogP contribution in [0.1, 0.15) is 18.9 Å². The summed E-state index contributed by atoms with van der Waals surface area (Å²) in [7, 11) is 0. The largest absolute Gasteiger partial charge is 0.313 e. The molecule has 0 aliphatic carbocycles. The molecular formula is C14H20F2N2. The fraction of sp³-hybridized carbons (Fsp3) is 0.571. The van der Waals surface area contributed by atoms with Crippen LogP contribution in [-0.4, -0.2) is 37.1 Å². The SMILES string of the molecule is CC1CN(CC(F)(F)c2ccccc2)CCCN1. The average molecular weight is 254 g/mol. The summed E-state index contributed by atoms with van der Waals surface area (Å²) >= 11 is 0. The summed E-state index contributed by atoms with van der Waals surface area (Å²) in [5.74, 6) is -2.77. The van der Waals surface area contributed by atoms with Crippen LogP contribution < -0.4 is 5.32 Å². The molecule has 2 rings (SSSR count). The van der Waals surface area contributed by atoms with Crippen molar-refractivity contribution in [1.29, 1.82) is 0 Å². The van der Waals surface area contributed by atoms with Crippen LogP contribution in [-0.2, 0) is 5.92 Å². The van der Waals surface area contributed by atoms with Gasteiger partial charge in [0.05, 0.1) is 6.54 Å². The van der Waals surface area contributed by atoms with E-state index in [9.17, 15) is 8.78 Å². The van der Waals surface area contributed by atoms with E-state index in [2.05, 4.69) is 5.32 Å². The Bertz CT molecular complexity index is 367. The maximum absolute atomic E-state index is 14.1. The topological polar surface area (TPSA) is 15.3 Å². The molecule has 1 N–H and O–H groups in total. The van der Waals surface area contributed by atoms with E-state index in [0.717, 1.165) is 19.5 Å². The van der Waals surface area contributed by atoms with Crippen molar-refractivity contribution in [2.24, 2.45) is 0 Å². The van der Waals surface area contributed by atoms with Gasteiger partial charge in [0.1, 0.15) is 0 Å². The molecule has 1 atom stereocenters. The molecule has 1 aromatic carbocycles. The normalized spacial score (nSPS) is 22.7. The first-order chi connectivity index (χ1) is 8.58. The second kappa shape index (κ2) is 5.76. The van der Waals surface area contributed by atoms with Crippen molar-refractivity contribution in [3.05, 3.63) is 35.9 Å². The molecule has 0 spiro atoms. The van der Waals surface area contributed by atoms with Crippen LogP contribution in [0.15, 0.2) is 30.3 Å². The van der Waals surface area contributed by atoms with Crippen LogP contribution in [0, 0.1) is 0 Å². The minimum Gasteiger partial charge on any atom is -0.313 e. The number of alkyl halides is 2. The molecule has 2 nitrogen and oxygen atoms in total. The van der Waals surface area contributed by atoms with Gasteiger partial charge in [0, 0.05) is 18.2 Å². The Morgan fingerprint density at radius 3 is 2.78 bits per heavy atom. The van der Waals surface area contributed by atoms with Crippen LogP contribution in [0.4, 0.5) is 8.78 Å². The molecule has 100 valence electrons. The molecular weight excluding hydrogens is 234 g/mol. The van der Waals surface area contributed by atoms with Gasteiger partial charge in [-0.2, -0.15) is 8.78 Å². The molecule has 1 aliphatic rings. The van der Waals surface area contributed by atoms with Gasteiger partial charge in [-0.25, -0.2) is 0 Å². The lowest BCUT2D eigenvalue weighted by Gasteiger charge is -2.27. The van der Waals surface area contributed by atoms with E-state index < -0.39 is 5.92 Å². The molecule has 0 amide bonds. The van der Waals surface area contributed by atoms with Crippen molar-refractivity contribution < 1.29 is 8.78 Å². The summed E-state index contributed by atoms with van der Waals surface area (Å²) in [6.07, 6.45) is 0.926. The summed E-state index contributed by atoms with van der Waals surface area (Å²) in [6, 6.07) is 8.36. The number of halogens is 2. The van der Waals surface area contributed by atoms with Gasteiger partial charge < -0.3 is 5.32 Å². The number of benzene rings is 1. The third-order valence-corrected chi connectivity index (χ3v) is 3.29. The predicted molar refractivity (Wildman–Crippen MR) is 68.9 cm³/mol. The summed E-state index contributed by atoms with van der Waals surface area (Å²) in [6.45, 7) is 4.18. The smallest absolute Gasteiger partial charge is 0.285 e. The number of nitrogens with one attached hydrogen (secondary N) is 1. The van der Waals surface area contributed by atoms with Gasteiger partial charge in [-0.15, -0.1) is 0 Å². The van der Waals surface area contributed by atoms with Crippen molar-refractivity contribution in [3.8, 4) is 0 Å². The summed E-state index contributed by atoms with van der Waals surface area (Å²) in [5.41, 5.74) is 0.106. The zero-order valence-corrected chi connectivity index (χ0v) is 10.7. The number of hydrogen-bond donors (Lipinski definition) is 1. The van der Waals surface area contributed by atoms with Gasteiger partial charge in [-0.1, -0.05) is 30.3 Å². The van der Waals surface area contributed by atoms with E-state index in [0.29, 0.717) is 6.54 Å². The van der Waals surface area contributed by atoms with Crippen molar-refractivity contribution in [2.75, 3.05) is 26.2 Å². The fourth-order valence-corrected chi connectivity index (χ4v) is 2.39. The maximum atomic E-state index is 14.1. The second-order valence-corrected chi connectivity index (χ2v) is 5.01. The molecule has 1 fully saturated rings. The highest BCUT2D eigenvalue weighted by atomic mass is 19.3. The Labute approximate surface area is 107 Å². The Hall–Kier alpha value is -1.00.